The standard InChI is InChI=1S/C18H15ClN6O2/c1-11-7-12(2)25-15(8-20)16(24-18(25)23-11)17(26)21-10-22-27-9-13-3-5-14(19)6-4-13/h3-7,10H,9H2,1-2H3,(H,21,22,26). The molecule has 2 aromatic heterocycles. The van der Waals surface area contributed by atoms with E-state index in [9.17, 15) is 10.1 Å². The van der Waals surface area contributed by atoms with Gasteiger partial charge in [-0.2, -0.15) is 5.26 Å². The van der Waals surface area contributed by atoms with Gasteiger partial charge in [-0.25, -0.2) is 9.97 Å². The SMILES string of the molecule is Cc1cc(C)n2c(C#N)c(C(=O)NC=NOCc3ccc(Cl)cc3)nc2n1. The van der Waals surface area contributed by atoms with Gasteiger partial charge < -0.3 is 10.2 Å². The van der Waals surface area contributed by atoms with Crippen LogP contribution in [0, 0.1) is 25.2 Å². The monoisotopic (exact) mass is 382 g/mol. The average Bonchev–Trinajstić information content (AvgIpc) is 3.01. The van der Waals surface area contributed by atoms with Gasteiger partial charge in [0.2, 0.25) is 5.78 Å². The molecule has 1 aromatic carbocycles. The number of hydrogen-bond acceptors (Lipinski definition) is 6. The number of fused-ring (bicyclic) bond motifs is 1. The molecule has 0 saturated heterocycles. The van der Waals surface area contributed by atoms with Crippen molar-refractivity contribution in [2.75, 3.05) is 0 Å². The van der Waals surface area contributed by atoms with Gasteiger partial charge in [0.25, 0.3) is 5.91 Å². The lowest BCUT2D eigenvalue weighted by molar-refractivity contribution is 0.0967. The Hall–Kier alpha value is -3.44. The lowest BCUT2D eigenvalue weighted by atomic mass is 10.2. The van der Waals surface area contributed by atoms with Gasteiger partial charge in [-0.1, -0.05) is 28.9 Å². The second-order valence-electron chi connectivity index (χ2n) is 5.70. The molecule has 0 bridgehead atoms. The second kappa shape index (κ2) is 7.85. The highest BCUT2D eigenvalue weighted by atomic mass is 35.5. The molecule has 0 atom stereocenters. The van der Waals surface area contributed by atoms with Crippen molar-refractivity contribution in [2.24, 2.45) is 5.16 Å². The van der Waals surface area contributed by atoms with E-state index in [1.54, 1.807) is 12.1 Å². The zero-order valence-electron chi connectivity index (χ0n) is 14.6. The van der Waals surface area contributed by atoms with E-state index in [0.29, 0.717) is 10.8 Å². The number of carbonyl (C=O) groups excluding carboxylic acids is 1. The summed E-state index contributed by atoms with van der Waals surface area (Å²) in [6, 6.07) is 10.9. The first kappa shape index (κ1) is 18.4. The maximum atomic E-state index is 12.3. The van der Waals surface area contributed by atoms with Gasteiger partial charge in [-0.3, -0.25) is 9.20 Å². The molecular weight excluding hydrogens is 368 g/mol. The molecule has 1 N–H and O–H groups in total. The van der Waals surface area contributed by atoms with Gasteiger partial charge in [0.05, 0.1) is 0 Å². The Bertz CT molecular complexity index is 1070. The van der Waals surface area contributed by atoms with E-state index in [1.165, 1.54) is 4.40 Å². The number of nitrogens with one attached hydrogen (secondary N) is 1. The average molecular weight is 383 g/mol. The number of hydrogen-bond donors (Lipinski definition) is 1. The summed E-state index contributed by atoms with van der Waals surface area (Å²) >= 11 is 5.81. The van der Waals surface area contributed by atoms with E-state index in [2.05, 4.69) is 20.4 Å². The number of rotatable bonds is 5. The predicted molar refractivity (Wildman–Crippen MR) is 99.4 cm³/mol. The summed E-state index contributed by atoms with van der Waals surface area (Å²) in [5.74, 6) is -0.280. The molecule has 8 nitrogen and oxygen atoms in total. The Morgan fingerprint density at radius 2 is 2.11 bits per heavy atom. The summed E-state index contributed by atoms with van der Waals surface area (Å²) < 4.78 is 1.54. The van der Waals surface area contributed by atoms with E-state index in [-0.39, 0.29) is 18.0 Å². The van der Waals surface area contributed by atoms with Crippen LogP contribution < -0.4 is 5.32 Å². The first-order valence-corrected chi connectivity index (χ1v) is 8.33. The highest BCUT2D eigenvalue weighted by Gasteiger charge is 2.20. The fourth-order valence-corrected chi connectivity index (χ4v) is 2.65. The molecule has 0 spiro atoms. The van der Waals surface area contributed by atoms with Crippen LogP contribution in [0.1, 0.15) is 33.1 Å². The number of nitrogens with zero attached hydrogens (tertiary/aromatic N) is 5. The molecule has 27 heavy (non-hydrogen) atoms. The number of carbonyl (C=O) groups is 1. The lowest BCUT2D eigenvalue weighted by Crippen LogP contribution is -2.23. The first-order valence-electron chi connectivity index (χ1n) is 7.95. The van der Waals surface area contributed by atoms with Crippen LogP contribution in [-0.4, -0.2) is 26.6 Å². The van der Waals surface area contributed by atoms with Crippen molar-refractivity contribution in [2.45, 2.75) is 20.5 Å². The molecule has 0 aliphatic rings. The Kier molecular flexibility index (Phi) is 5.33. The van der Waals surface area contributed by atoms with Crippen LogP contribution in [0.4, 0.5) is 0 Å². The Morgan fingerprint density at radius 1 is 1.37 bits per heavy atom. The van der Waals surface area contributed by atoms with Gasteiger partial charge in [-0.15, -0.1) is 0 Å². The summed E-state index contributed by atoms with van der Waals surface area (Å²) in [4.78, 5) is 25.9. The highest BCUT2D eigenvalue weighted by molar-refractivity contribution is 6.30. The summed E-state index contributed by atoms with van der Waals surface area (Å²) in [6.07, 6.45) is 1.11. The predicted octanol–water partition coefficient (Wildman–Crippen LogP) is 2.76. The minimum absolute atomic E-state index is 0.0251. The van der Waals surface area contributed by atoms with Crippen molar-refractivity contribution < 1.29 is 9.63 Å². The van der Waals surface area contributed by atoms with Crippen molar-refractivity contribution in [1.29, 1.82) is 5.26 Å². The van der Waals surface area contributed by atoms with Crippen molar-refractivity contribution in [3.63, 3.8) is 0 Å². The summed E-state index contributed by atoms with van der Waals surface area (Å²) in [5, 5.41) is 16.2. The Labute approximate surface area is 160 Å². The quantitative estimate of drug-likeness (QED) is 0.415. The van der Waals surface area contributed by atoms with E-state index in [0.717, 1.165) is 23.3 Å². The van der Waals surface area contributed by atoms with Crippen LogP contribution in [0.25, 0.3) is 5.78 Å². The molecule has 0 radical (unpaired) electrons. The third kappa shape index (κ3) is 4.04. The van der Waals surface area contributed by atoms with Crippen LogP contribution in [0.3, 0.4) is 0 Å². The van der Waals surface area contributed by atoms with Crippen molar-refractivity contribution in [3.8, 4) is 6.07 Å². The number of imidazole rings is 1. The second-order valence-corrected chi connectivity index (χ2v) is 6.14. The Balaban J connectivity index is 1.68. The smallest absolute Gasteiger partial charge is 0.278 e. The van der Waals surface area contributed by atoms with Gasteiger partial charge in [0.1, 0.15) is 19.0 Å². The van der Waals surface area contributed by atoms with Gasteiger partial charge in [0, 0.05) is 16.4 Å². The minimum Gasteiger partial charge on any atom is -0.390 e. The van der Waals surface area contributed by atoms with E-state index < -0.39 is 5.91 Å². The summed E-state index contributed by atoms with van der Waals surface area (Å²) in [5.41, 5.74) is 2.48. The lowest BCUT2D eigenvalue weighted by Gasteiger charge is -2.01. The van der Waals surface area contributed by atoms with E-state index in [1.807, 2.05) is 38.1 Å². The Morgan fingerprint density at radius 3 is 2.81 bits per heavy atom. The molecule has 0 aliphatic carbocycles. The topological polar surface area (TPSA) is 105 Å². The van der Waals surface area contributed by atoms with Crippen LogP contribution in [0.5, 0.6) is 0 Å². The van der Waals surface area contributed by atoms with Gasteiger partial charge in [-0.05, 0) is 37.6 Å². The molecule has 0 fully saturated rings. The van der Waals surface area contributed by atoms with Gasteiger partial charge in [0.15, 0.2) is 11.4 Å². The number of oxime groups is 1. The molecule has 0 unspecified atom stereocenters. The normalized spacial score (nSPS) is 10.9. The molecule has 136 valence electrons. The zero-order valence-corrected chi connectivity index (χ0v) is 15.4. The van der Waals surface area contributed by atoms with Crippen molar-refractivity contribution in [1.82, 2.24) is 19.7 Å². The van der Waals surface area contributed by atoms with Crippen LogP contribution in [0.2, 0.25) is 5.02 Å². The number of aromatic nitrogens is 3. The van der Waals surface area contributed by atoms with Crippen molar-refractivity contribution in [3.05, 3.63) is 63.7 Å². The van der Waals surface area contributed by atoms with Gasteiger partial charge >= 0.3 is 0 Å². The molecule has 2 heterocycles. The fraction of sp³-hybridized carbons (Fsp3) is 0.167. The minimum atomic E-state index is -0.576. The first-order chi connectivity index (χ1) is 13.0. The molecule has 3 aromatic rings. The highest BCUT2D eigenvalue weighted by Crippen LogP contribution is 2.14. The molecular formula is C18H15ClN6O2. The number of nitriles is 1. The zero-order chi connectivity index (χ0) is 19.4. The summed E-state index contributed by atoms with van der Waals surface area (Å²) in [7, 11) is 0. The third-order valence-electron chi connectivity index (χ3n) is 3.69. The molecule has 9 heteroatoms. The van der Waals surface area contributed by atoms with Crippen LogP contribution in [0.15, 0.2) is 35.5 Å². The van der Waals surface area contributed by atoms with Crippen molar-refractivity contribution >= 4 is 29.6 Å². The van der Waals surface area contributed by atoms with Crippen LogP contribution >= 0.6 is 11.6 Å². The molecule has 1 amide bonds. The number of benzene rings is 1. The largest absolute Gasteiger partial charge is 0.390 e. The molecule has 0 aliphatic heterocycles. The fourth-order valence-electron chi connectivity index (χ4n) is 2.52. The number of aryl methyl sites for hydroxylation is 2. The van der Waals surface area contributed by atoms with E-state index >= 15 is 0 Å². The maximum Gasteiger partial charge on any atom is 0.278 e. The summed E-state index contributed by atoms with van der Waals surface area (Å²) in [6.45, 7) is 3.86. The molecule has 0 saturated carbocycles. The number of halogens is 1. The maximum absolute atomic E-state index is 12.3. The van der Waals surface area contributed by atoms with Crippen LogP contribution in [-0.2, 0) is 11.4 Å². The van der Waals surface area contributed by atoms with E-state index in [4.69, 9.17) is 16.4 Å². The molecule has 3 rings (SSSR count). The number of amides is 1. The third-order valence-corrected chi connectivity index (χ3v) is 3.95.